The maximum Gasteiger partial charge on any atom is 0.354 e. The Morgan fingerprint density at radius 3 is 1.90 bits per heavy atom. The van der Waals surface area contributed by atoms with Gasteiger partial charge in [0.05, 0.1) is 0 Å². The van der Waals surface area contributed by atoms with Crippen molar-refractivity contribution < 1.29 is 19.5 Å². The molecule has 0 bridgehead atoms. The normalized spacial score (nSPS) is 15.0. The number of aliphatic hydroxyl groups excluding tert-OH is 1. The fourth-order valence-electron chi connectivity index (χ4n) is 1.78. The highest BCUT2D eigenvalue weighted by Crippen LogP contribution is 2.41. The lowest BCUT2D eigenvalue weighted by molar-refractivity contribution is 0.204. The monoisotopic (exact) mass is 316 g/mol. The molecule has 0 aliphatic carbocycles. The molecule has 0 saturated heterocycles. The Balaban J connectivity index is 4.10. The second-order valence-electron chi connectivity index (χ2n) is 5.77. The van der Waals surface area contributed by atoms with Crippen LogP contribution >= 0.6 is 7.60 Å². The molecule has 0 radical (unpaired) electrons. The number of hydrogen-bond donors (Lipinski definition) is 3. The van der Waals surface area contributed by atoms with Crippen LogP contribution in [-0.4, -0.2) is 20.7 Å². The van der Waals surface area contributed by atoms with Gasteiger partial charge in [0.1, 0.15) is 0 Å². The van der Waals surface area contributed by atoms with Gasteiger partial charge in [-0.15, -0.1) is 0 Å². The summed E-state index contributed by atoms with van der Waals surface area (Å²) < 4.78 is 10.8. The Bertz CT molecular complexity index is 439. The van der Waals surface area contributed by atoms with Crippen molar-refractivity contribution >= 4 is 7.60 Å². The molecule has 0 aromatic heterocycles. The highest BCUT2D eigenvalue weighted by molar-refractivity contribution is 7.52. The van der Waals surface area contributed by atoms with Crippen molar-refractivity contribution in [3.05, 3.63) is 34.9 Å². The minimum Gasteiger partial charge on any atom is -0.380 e. The molecule has 0 aliphatic heterocycles. The number of aliphatic hydroxyl groups is 1. The van der Waals surface area contributed by atoms with Crippen molar-refractivity contribution in [3.63, 3.8) is 0 Å². The lowest BCUT2D eigenvalue weighted by atomic mass is 10.1. The zero-order valence-corrected chi connectivity index (χ0v) is 14.4. The van der Waals surface area contributed by atoms with E-state index in [2.05, 4.69) is 32.9 Å². The molecule has 0 amide bonds. The van der Waals surface area contributed by atoms with Crippen LogP contribution in [0.2, 0.25) is 0 Å². The summed E-state index contributed by atoms with van der Waals surface area (Å²) >= 11 is 0. The molecule has 21 heavy (non-hydrogen) atoms. The van der Waals surface area contributed by atoms with Gasteiger partial charge in [0, 0.05) is 6.42 Å². The Kier molecular flexibility index (Phi) is 9.80. The summed E-state index contributed by atoms with van der Waals surface area (Å²) in [6, 6.07) is 0. The molecule has 1 unspecified atom stereocenters. The molecule has 0 aromatic rings. The van der Waals surface area contributed by atoms with E-state index in [1.165, 1.54) is 11.1 Å². The third-order valence-corrected chi connectivity index (χ3v) is 4.18. The molecule has 0 saturated carbocycles. The lowest BCUT2D eigenvalue weighted by Crippen LogP contribution is -2.05. The third-order valence-electron chi connectivity index (χ3n) is 3.19. The Morgan fingerprint density at radius 2 is 1.43 bits per heavy atom. The van der Waals surface area contributed by atoms with E-state index in [9.17, 15) is 9.67 Å². The standard InChI is InChI=1S/C16H29O4P/c1-13(2)7-5-8-14(3)9-6-10-15(4)11-12-16(17)21(18,19)20/h7,9,11,16-17H,5-6,8,10,12H2,1-4H3,(H2,18,19,20). The van der Waals surface area contributed by atoms with Crippen LogP contribution in [0, 0.1) is 0 Å². The molecule has 0 aliphatic rings. The lowest BCUT2D eigenvalue weighted by Gasteiger charge is -2.10. The molecule has 0 rings (SSSR count). The topological polar surface area (TPSA) is 77.8 Å². The fraction of sp³-hybridized carbons (Fsp3) is 0.625. The number of rotatable bonds is 9. The van der Waals surface area contributed by atoms with Crippen LogP contribution in [0.4, 0.5) is 0 Å². The quantitative estimate of drug-likeness (QED) is 0.438. The molecule has 1 atom stereocenters. The predicted octanol–water partition coefficient (Wildman–Crippen LogP) is 4.29. The SMILES string of the molecule is CC(C)=CCCC(C)=CCCC(C)=CCC(O)P(=O)(O)O. The first kappa shape index (κ1) is 20.3. The summed E-state index contributed by atoms with van der Waals surface area (Å²) in [6.07, 6.45) is 10.0. The first-order valence-corrected chi connectivity index (χ1v) is 8.99. The van der Waals surface area contributed by atoms with E-state index >= 15 is 0 Å². The van der Waals surface area contributed by atoms with Gasteiger partial charge in [0.15, 0.2) is 5.85 Å². The van der Waals surface area contributed by atoms with Gasteiger partial charge in [0.25, 0.3) is 0 Å². The number of hydrogen-bond acceptors (Lipinski definition) is 2. The Hall–Kier alpha value is -0.670. The van der Waals surface area contributed by atoms with Crippen molar-refractivity contribution in [1.82, 2.24) is 0 Å². The van der Waals surface area contributed by atoms with Gasteiger partial charge in [-0.2, -0.15) is 0 Å². The van der Waals surface area contributed by atoms with Crippen molar-refractivity contribution in [2.24, 2.45) is 0 Å². The van der Waals surface area contributed by atoms with Crippen LogP contribution < -0.4 is 0 Å². The Labute approximate surface area is 128 Å². The summed E-state index contributed by atoms with van der Waals surface area (Å²) in [5.74, 6) is -1.59. The largest absolute Gasteiger partial charge is 0.380 e. The van der Waals surface area contributed by atoms with Gasteiger partial charge in [-0.25, -0.2) is 0 Å². The highest BCUT2D eigenvalue weighted by Gasteiger charge is 2.24. The number of allylic oxidation sites excluding steroid dienone is 5. The van der Waals surface area contributed by atoms with E-state index in [4.69, 9.17) is 9.79 Å². The van der Waals surface area contributed by atoms with E-state index in [0.717, 1.165) is 31.3 Å². The van der Waals surface area contributed by atoms with Crippen LogP contribution in [0.1, 0.15) is 59.8 Å². The van der Waals surface area contributed by atoms with E-state index in [1.807, 2.05) is 6.92 Å². The first-order valence-electron chi connectivity index (χ1n) is 7.31. The summed E-state index contributed by atoms with van der Waals surface area (Å²) in [5, 5.41) is 9.27. The molecule has 5 heteroatoms. The molecule has 4 nitrogen and oxygen atoms in total. The van der Waals surface area contributed by atoms with E-state index in [-0.39, 0.29) is 6.42 Å². The van der Waals surface area contributed by atoms with Gasteiger partial charge in [-0.05, 0) is 53.4 Å². The van der Waals surface area contributed by atoms with Crippen LogP contribution in [-0.2, 0) is 4.57 Å². The second-order valence-corrected chi connectivity index (χ2v) is 7.54. The molecular weight excluding hydrogens is 287 g/mol. The predicted molar refractivity (Wildman–Crippen MR) is 88.1 cm³/mol. The maximum absolute atomic E-state index is 10.8. The van der Waals surface area contributed by atoms with Crippen LogP contribution in [0.15, 0.2) is 34.9 Å². The molecule has 0 heterocycles. The minimum absolute atomic E-state index is 0.000616. The Morgan fingerprint density at radius 1 is 0.952 bits per heavy atom. The molecule has 0 spiro atoms. The van der Waals surface area contributed by atoms with Crippen LogP contribution in [0.3, 0.4) is 0 Å². The highest BCUT2D eigenvalue weighted by atomic mass is 31.2. The molecule has 3 N–H and O–H groups in total. The van der Waals surface area contributed by atoms with Crippen LogP contribution in [0.25, 0.3) is 0 Å². The van der Waals surface area contributed by atoms with Gasteiger partial charge in [-0.1, -0.05) is 34.9 Å². The van der Waals surface area contributed by atoms with Crippen molar-refractivity contribution in [2.75, 3.05) is 0 Å². The van der Waals surface area contributed by atoms with Gasteiger partial charge in [0.2, 0.25) is 0 Å². The molecule has 0 aromatic carbocycles. The van der Waals surface area contributed by atoms with E-state index in [0.29, 0.717) is 0 Å². The third kappa shape index (κ3) is 11.6. The smallest absolute Gasteiger partial charge is 0.354 e. The summed E-state index contributed by atoms with van der Waals surface area (Å²) in [6.45, 7) is 8.23. The molecule has 0 fully saturated rings. The van der Waals surface area contributed by atoms with Gasteiger partial charge >= 0.3 is 7.60 Å². The average Bonchev–Trinajstić information content (AvgIpc) is 2.34. The van der Waals surface area contributed by atoms with Crippen molar-refractivity contribution in [3.8, 4) is 0 Å². The second kappa shape index (κ2) is 10.1. The van der Waals surface area contributed by atoms with E-state index in [1.54, 1.807) is 6.08 Å². The molecule has 122 valence electrons. The summed E-state index contributed by atoms with van der Waals surface area (Å²) in [4.78, 5) is 17.6. The minimum atomic E-state index is -4.38. The first-order chi connectivity index (χ1) is 9.62. The van der Waals surface area contributed by atoms with Gasteiger partial charge < -0.3 is 14.9 Å². The summed E-state index contributed by atoms with van der Waals surface area (Å²) in [5.41, 5.74) is 3.73. The molecular formula is C16H29O4P. The van der Waals surface area contributed by atoms with Crippen molar-refractivity contribution in [1.29, 1.82) is 0 Å². The maximum atomic E-state index is 10.8. The summed E-state index contributed by atoms with van der Waals surface area (Å²) in [7, 11) is -4.38. The van der Waals surface area contributed by atoms with E-state index < -0.39 is 13.4 Å². The fourth-order valence-corrected chi connectivity index (χ4v) is 2.16. The van der Waals surface area contributed by atoms with Gasteiger partial charge in [-0.3, -0.25) is 4.57 Å². The van der Waals surface area contributed by atoms with Crippen molar-refractivity contribution in [2.45, 2.75) is 65.6 Å². The average molecular weight is 316 g/mol. The zero-order chi connectivity index (χ0) is 16.5. The zero-order valence-electron chi connectivity index (χ0n) is 13.5. The van der Waals surface area contributed by atoms with Crippen LogP contribution in [0.5, 0.6) is 0 Å².